The molecule has 1 atom stereocenters. The Morgan fingerprint density at radius 2 is 1.77 bits per heavy atom. The van der Waals surface area contributed by atoms with E-state index in [0.29, 0.717) is 29.6 Å². The highest BCUT2D eigenvalue weighted by Crippen LogP contribution is 2.41. The minimum atomic E-state index is -0.362. The number of fused-ring (bicyclic) bond motifs is 1. The van der Waals surface area contributed by atoms with Crippen LogP contribution in [0.4, 0.5) is 5.69 Å². The molecule has 222 valence electrons. The van der Waals surface area contributed by atoms with Crippen LogP contribution in [0.1, 0.15) is 83.7 Å². The van der Waals surface area contributed by atoms with E-state index in [4.69, 9.17) is 9.72 Å². The van der Waals surface area contributed by atoms with Crippen LogP contribution in [-0.4, -0.2) is 51.9 Å². The van der Waals surface area contributed by atoms with E-state index in [0.717, 1.165) is 30.0 Å². The molecule has 1 unspecified atom stereocenters. The van der Waals surface area contributed by atoms with Crippen molar-refractivity contribution >= 4 is 11.7 Å². The number of rotatable bonds is 9. The van der Waals surface area contributed by atoms with Gasteiger partial charge in [-0.05, 0) is 118 Å². The fourth-order valence-corrected chi connectivity index (χ4v) is 6.96. The fourth-order valence-electron chi connectivity index (χ4n) is 6.96. The van der Waals surface area contributed by atoms with Gasteiger partial charge in [0.25, 0.3) is 0 Å². The molecule has 7 heteroatoms. The zero-order valence-corrected chi connectivity index (χ0v) is 25.3. The van der Waals surface area contributed by atoms with Gasteiger partial charge < -0.3 is 15.0 Å². The molecule has 2 aromatic carbocycles. The minimum absolute atomic E-state index is 0.218. The molecule has 7 rings (SSSR count). The Bertz CT molecular complexity index is 1600. The number of aryl methyl sites for hydroxylation is 1. The highest BCUT2D eigenvalue weighted by Gasteiger charge is 2.29. The molecule has 0 amide bonds. The number of hydrogen-bond donors (Lipinski definition) is 1. The number of pyridine rings is 1. The third-order valence-corrected chi connectivity index (χ3v) is 9.50. The van der Waals surface area contributed by atoms with Crippen LogP contribution in [0.5, 0.6) is 0 Å². The van der Waals surface area contributed by atoms with E-state index in [-0.39, 0.29) is 12.0 Å². The first-order valence-electron chi connectivity index (χ1n) is 16.0. The summed E-state index contributed by atoms with van der Waals surface area (Å²) < 4.78 is 6.91. The van der Waals surface area contributed by atoms with Crippen molar-refractivity contribution in [3.8, 4) is 17.1 Å². The summed E-state index contributed by atoms with van der Waals surface area (Å²) in [4.78, 5) is 20.1. The lowest BCUT2D eigenvalue weighted by atomic mass is 9.89. The quantitative estimate of drug-likeness (QED) is 0.215. The molecule has 1 saturated heterocycles. The van der Waals surface area contributed by atoms with Crippen LogP contribution in [0, 0.1) is 12.8 Å². The summed E-state index contributed by atoms with van der Waals surface area (Å²) in [6, 6.07) is 22.0. The van der Waals surface area contributed by atoms with Gasteiger partial charge in [-0.25, -0.2) is 14.5 Å². The smallest absolute Gasteiger partial charge is 0.341 e. The standard InChI is InChI=1S/C36H41N5O2/c1-3-43-36(42)31-22-37-41(24(31)2)34-9-5-8-32(39-34)30-7-4-6-28-14-17-33(35(28)30)38-29-15-12-26(13-16-29)27-18-20-40(21-19-27)23-25-10-11-25/h4-9,12-13,15-16,22,25,27,33,38H,3,10-11,14,17-21,23H2,1-2H3. The first-order valence-corrected chi connectivity index (χ1v) is 16.0. The molecule has 1 aliphatic heterocycles. The number of piperidine rings is 1. The Kier molecular flexibility index (Phi) is 7.74. The number of aromatic nitrogens is 3. The summed E-state index contributed by atoms with van der Waals surface area (Å²) in [6.07, 6.45) is 9.07. The van der Waals surface area contributed by atoms with Crippen molar-refractivity contribution in [1.29, 1.82) is 0 Å². The molecular weight excluding hydrogens is 534 g/mol. The normalized spacial score (nSPS) is 18.9. The number of carbonyl (C=O) groups excluding carboxylic acids is 1. The zero-order chi connectivity index (χ0) is 29.3. The number of likely N-dealkylation sites (tertiary alicyclic amines) is 1. The van der Waals surface area contributed by atoms with Gasteiger partial charge in [0.05, 0.1) is 30.2 Å². The molecule has 1 N–H and O–H groups in total. The number of ether oxygens (including phenoxy) is 1. The summed E-state index contributed by atoms with van der Waals surface area (Å²) in [6.45, 7) is 7.81. The van der Waals surface area contributed by atoms with Crippen molar-refractivity contribution in [3.63, 3.8) is 0 Å². The first kappa shape index (κ1) is 27.8. The lowest BCUT2D eigenvalue weighted by Crippen LogP contribution is -2.34. The number of hydrogen-bond acceptors (Lipinski definition) is 6. The number of nitrogens with one attached hydrogen (secondary N) is 1. The molecular formula is C36H41N5O2. The Hall–Kier alpha value is -3.97. The monoisotopic (exact) mass is 575 g/mol. The van der Waals surface area contributed by atoms with E-state index in [1.54, 1.807) is 17.8 Å². The topological polar surface area (TPSA) is 72.3 Å². The van der Waals surface area contributed by atoms with E-state index in [1.807, 2.05) is 19.1 Å². The predicted molar refractivity (Wildman–Crippen MR) is 170 cm³/mol. The lowest BCUT2D eigenvalue weighted by Gasteiger charge is -2.32. The fraction of sp³-hybridized carbons (Fsp3) is 0.417. The second kappa shape index (κ2) is 12.0. The lowest BCUT2D eigenvalue weighted by molar-refractivity contribution is 0.0525. The largest absolute Gasteiger partial charge is 0.462 e. The minimum Gasteiger partial charge on any atom is -0.462 e. The van der Waals surface area contributed by atoms with Gasteiger partial charge in [-0.15, -0.1) is 0 Å². The number of benzene rings is 2. The summed E-state index contributed by atoms with van der Waals surface area (Å²) in [7, 11) is 0. The Labute approximate surface area is 254 Å². The van der Waals surface area contributed by atoms with Crippen LogP contribution in [0.2, 0.25) is 0 Å². The Morgan fingerprint density at radius 3 is 2.53 bits per heavy atom. The van der Waals surface area contributed by atoms with E-state index in [2.05, 4.69) is 63.8 Å². The van der Waals surface area contributed by atoms with Crippen molar-refractivity contribution < 1.29 is 9.53 Å². The zero-order valence-electron chi connectivity index (χ0n) is 25.3. The third kappa shape index (κ3) is 5.83. The van der Waals surface area contributed by atoms with E-state index in [9.17, 15) is 4.79 Å². The molecule has 43 heavy (non-hydrogen) atoms. The molecule has 0 spiro atoms. The van der Waals surface area contributed by atoms with Gasteiger partial charge in [-0.1, -0.05) is 36.4 Å². The Morgan fingerprint density at radius 1 is 0.977 bits per heavy atom. The maximum absolute atomic E-state index is 12.4. The second-order valence-electron chi connectivity index (χ2n) is 12.4. The third-order valence-electron chi connectivity index (χ3n) is 9.50. The molecule has 0 radical (unpaired) electrons. The van der Waals surface area contributed by atoms with E-state index in [1.165, 1.54) is 67.7 Å². The maximum Gasteiger partial charge on any atom is 0.341 e. The van der Waals surface area contributed by atoms with Gasteiger partial charge in [-0.3, -0.25) is 0 Å². The highest BCUT2D eigenvalue weighted by molar-refractivity contribution is 5.90. The summed E-state index contributed by atoms with van der Waals surface area (Å²) in [5.41, 5.74) is 8.56. The average Bonchev–Trinajstić information content (AvgIpc) is 3.63. The predicted octanol–water partition coefficient (Wildman–Crippen LogP) is 7.11. The second-order valence-corrected chi connectivity index (χ2v) is 12.4. The van der Waals surface area contributed by atoms with Crippen LogP contribution in [-0.2, 0) is 11.2 Å². The molecule has 1 saturated carbocycles. The van der Waals surface area contributed by atoms with Gasteiger partial charge in [0.2, 0.25) is 0 Å². The van der Waals surface area contributed by atoms with Crippen LogP contribution in [0.3, 0.4) is 0 Å². The average molecular weight is 576 g/mol. The molecule has 3 heterocycles. The van der Waals surface area contributed by atoms with Crippen molar-refractivity contribution in [1.82, 2.24) is 19.7 Å². The molecule has 2 fully saturated rings. The summed E-state index contributed by atoms with van der Waals surface area (Å²) in [5, 5.41) is 8.32. The SMILES string of the molecule is CCOC(=O)c1cnn(-c2cccc(-c3cccc4c3C(Nc3ccc(C5CCN(CC6CC6)CC5)cc3)CC4)n2)c1C. The van der Waals surface area contributed by atoms with Gasteiger partial charge in [0.1, 0.15) is 5.56 Å². The van der Waals surface area contributed by atoms with Crippen LogP contribution >= 0.6 is 0 Å². The number of esters is 1. The van der Waals surface area contributed by atoms with Crippen molar-refractivity contribution in [3.05, 3.63) is 94.8 Å². The van der Waals surface area contributed by atoms with Crippen LogP contribution in [0.25, 0.3) is 17.1 Å². The van der Waals surface area contributed by atoms with Crippen molar-refractivity contribution in [2.24, 2.45) is 5.92 Å². The Balaban J connectivity index is 1.08. The van der Waals surface area contributed by atoms with Crippen LogP contribution < -0.4 is 5.32 Å². The van der Waals surface area contributed by atoms with Gasteiger partial charge in [0.15, 0.2) is 5.82 Å². The van der Waals surface area contributed by atoms with Crippen LogP contribution in [0.15, 0.2) is 66.9 Å². The van der Waals surface area contributed by atoms with Gasteiger partial charge >= 0.3 is 5.97 Å². The van der Waals surface area contributed by atoms with Crippen molar-refractivity contribution in [2.75, 3.05) is 31.6 Å². The molecule has 2 aromatic heterocycles. The van der Waals surface area contributed by atoms with E-state index < -0.39 is 0 Å². The highest BCUT2D eigenvalue weighted by atomic mass is 16.5. The van der Waals surface area contributed by atoms with Gasteiger partial charge in [-0.2, -0.15) is 5.10 Å². The summed E-state index contributed by atoms with van der Waals surface area (Å²) >= 11 is 0. The first-order chi connectivity index (χ1) is 21.1. The number of carbonyl (C=O) groups is 1. The molecule has 4 aromatic rings. The molecule has 2 aliphatic carbocycles. The molecule has 7 nitrogen and oxygen atoms in total. The van der Waals surface area contributed by atoms with Crippen molar-refractivity contribution in [2.45, 2.75) is 64.3 Å². The number of nitrogens with zero attached hydrogens (tertiary/aromatic N) is 4. The molecule has 0 bridgehead atoms. The van der Waals surface area contributed by atoms with E-state index >= 15 is 0 Å². The molecule has 3 aliphatic rings. The van der Waals surface area contributed by atoms with Gasteiger partial charge in [0, 0.05) is 17.8 Å². The maximum atomic E-state index is 12.4. The summed E-state index contributed by atoms with van der Waals surface area (Å²) in [5.74, 6) is 1.97. The number of anilines is 1.